The highest BCUT2D eigenvalue weighted by atomic mass is 15.1. The Morgan fingerprint density at radius 2 is 2.37 bits per heavy atom. The van der Waals surface area contributed by atoms with Crippen LogP contribution in [-0.4, -0.2) is 22.1 Å². The molecule has 100 valence electrons. The minimum Gasteiger partial charge on any atom is -0.370 e. The van der Waals surface area contributed by atoms with Gasteiger partial charge in [0.1, 0.15) is 0 Å². The van der Waals surface area contributed by atoms with E-state index in [1.54, 1.807) is 12.5 Å². The molecular weight excluding hydrogens is 238 g/mol. The van der Waals surface area contributed by atoms with Crippen molar-refractivity contribution in [2.45, 2.75) is 19.9 Å². The summed E-state index contributed by atoms with van der Waals surface area (Å²) in [6.45, 7) is 3.53. The van der Waals surface area contributed by atoms with Crippen molar-refractivity contribution >= 4 is 11.6 Å². The Kier molecular flexibility index (Phi) is 4.55. The van der Waals surface area contributed by atoms with Crippen molar-refractivity contribution in [2.24, 2.45) is 10.7 Å². The highest BCUT2D eigenvalue weighted by Crippen LogP contribution is 2.10. The van der Waals surface area contributed by atoms with Crippen LogP contribution in [0.25, 0.3) is 0 Å². The van der Waals surface area contributed by atoms with E-state index in [9.17, 15) is 0 Å². The fourth-order valence-corrected chi connectivity index (χ4v) is 1.76. The minimum absolute atomic E-state index is 0.438. The highest BCUT2D eigenvalue weighted by Gasteiger charge is 1.96. The van der Waals surface area contributed by atoms with Crippen LogP contribution in [-0.2, 0) is 13.0 Å². The van der Waals surface area contributed by atoms with Gasteiger partial charge in [0.05, 0.1) is 12.9 Å². The number of hydrogen-bond acceptors (Lipinski definition) is 2. The van der Waals surface area contributed by atoms with E-state index >= 15 is 0 Å². The molecule has 1 aromatic heterocycles. The molecule has 0 saturated heterocycles. The Balaban J connectivity index is 1.87. The average molecular weight is 257 g/mol. The second-order valence-electron chi connectivity index (χ2n) is 4.25. The van der Waals surface area contributed by atoms with Crippen molar-refractivity contribution in [3.8, 4) is 0 Å². The van der Waals surface area contributed by atoms with Crippen LogP contribution in [0.2, 0.25) is 0 Å². The molecule has 0 aliphatic heterocycles. The summed E-state index contributed by atoms with van der Waals surface area (Å²) >= 11 is 0. The molecule has 0 aliphatic rings. The van der Waals surface area contributed by atoms with Crippen molar-refractivity contribution in [1.29, 1.82) is 0 Å². The van der Waals surface area contributed by atoms with Gasteiger partial charge in [-0.15, -0.1) is 0 Å². The first kappa shape index (κ1) is 13.1. The quantitative estimate of drug-likeness (QED) is 0.634. The lowest BCUT2D eigenvalue weighted by atomic mass is 10.1. The molecule has 0 bridgehead atoms. The van der Waals surface area contributed by atoms with Gasteiger partial charge in [-0.2, -0.15) is 0 Å². The predicted molar refractivity (Wildman–Crippen MR) is 78.2 cm³/mol. The molecule has 0 radical (unpaired) electrons. The zero-order valence-corrected chi connectivity index (χ0v) is 11.1. The SMILES string of the molecule is CCc1cccc(NC(N)=NCCn2ccnc2)c1. The number of anilines is 1. The predicted octanol–water partition coefficient (Wildman–Crippen LogP) is 1.87. The summed E-state index contributed by atoms with van der Waals surface area (Å²) in [6, 6.07) is 8.17. The maximum absolute atomic E-state index is 5.85. The number of benzene rings is 1. The number of guanidine groups is 1. The van der Waals surface area contributed by atoms with Gasteiger partial charge in [0.15, 0.2) is 5.96 Å². The maximum atomic E-state index is 5.85. The molecule has 19 heavy (non-hydrogen) atoms. The van der Waals surface area contributed by atoms with Crippen molar-refractivity contribution < 1.29 is 0 Å². The van der Waals surface area contributed by atoms with E-state index in [2.05, 4.69) is 34.3 Å². The van der Waals surface area contributed by atoms with Gasteiger partial charge >= 0.3 is 0 Å². The lowest BCUT2D eigenvalue weighted by Crippen LogP contribution is -2.23. The van der Waals surface area contributed by atoms with Crippen LogP contribution in [0.1, 0.15) is 12.5 Å². The number of imidazole rings is 1. The van der Waals surface area contributed by atoms with E-state index in [1.807, 2.05) is 22.9 Å². The van der Waals surface area contributed by atoms with Crippen LogP contribution in [0.3, 0.4) is 0 Å². The van der Waals surface area contributed by atoms with Gasteiger partial charge < -0.3 is 15.6 Å². The Morgan fingerprint density at radius 3 is 3.11 bits per heavy atom. The third-order valence-electron chi connectivity index (χ3n) is 2.81. The van der Waals surface area contributed by atoms with Crippen LogP contribution >= 0.6 is 0 Å². The number of aromatic nitrogens is 2. The van der Waals surface area contributed by atoms with Gasteiger partial charge in [-0.3, -0.25) is 4.99 Å². The second kappa shape index (κ2) is 6.58. The van der Waals surface area contributed by atoms with Gasteiger partial charge in [-0.25, -0.2) is 4.98 Å². The van der Waals surface area contributed by atoms with Crippen LogP contribution in [0.15, 0.2) is 48.0 Å². The standard InChI is InChI=1S/C14H19N5/c1-2-12-4-3-5-13(10-12)18-14(15)17-7-9-19-8-6-16-11-19/h3-6,8,10-11H,2,7,9H2,1H3,(H3,15,17,18). The fourth-order valence-electron chi connectivity index (χ4n) is 1.76. The molecular formula is C14H19N5. The van der Waals surface area contributed by atoms with Crippen LogP contribution in [0, 0.1) is 0 Å². The summed E-state index contributed by atoms with van der Waals surface area (Å²) in [4.78, 5) is 8.26. The summed E-state index contributed by atoms with van der Waals surface area (Å²) in [5.41, 5.74) is 8.10. The maximum Gasteiger partial charge on any atom is 0.193 e. The molecule has 0 saturated carbocycles. The second-order valence-corrected chi connectivity index (χ2v) is 4.25. The first-order valence-corrected chi connectivity index (χ1v) is 6.39. The smallest absolute Gasteiger partial charge is 0.193 e. The Labute approximate surface area is 113 Å². The summed E-state index contributed by atoms with van der Waals surface area (Å²) in [5, 5.41) is 3.10. The molecule has 1 aromatic carbocycles. The van der Waals surface area contributed by atoms with Gasteiger partial charge in [0.2, 0.25) is 0 Å². The number of nitrogens with zero attached hydrogens (tertiary/aromatic N) is 3. The molecule has 1 heterocycles. The lowest BCUT2D eigenvalue weighted by Gasteiger charge is -2.07. The normalized spacial score (nSPS) is 11.5. The molecule has 0 unspecified atom stereocenters. The molecule has 0 atom stereocenters. The lowest BCUT2D eigenvalue weighted by molar-refractivity contribution is 0.708. The summed E-state index contributed by atoms with van der Waals surface area (Å²) in [5.74, 6) is 0.438. The molecule has 0 aliphatic carbocycles. The Hall–Kier alpha value is -2.30. The third-order valence-corrected chi connectivity index (χ3v) is 2.81. The minimum atomic E-state index is 0.438. The van der Waals surface area contributed by atoms with E-state index in [4.69, 9.17) is 5.73 Å². The topological polar surface area (TPSA) is 68.2 Å². The van der Waals surface area contributed by atoms with Gasteiger partial charge in [0, 0.05) is 24.6 Å². The number of rotatable bonds is 5. The van der Waals surface area contributed by atoms with Gasteiger partial charge in [-0.1, -0.05) is 19.1 Å². The number of aryl methyl sites for hydroxylation is 1. The zero-order valence-electron chi connectivity index (χ0n) is 11.1. The van der Waals surface area contributed by atoms with Crippen molar-refractivity contribution in [1.82, 2.24) is 9.55 Å². The molecule has 5 nitrogen and oxygen atoms in total. The summed E-state index contributed by atoms with van der Waals surface area (Å²) < 4.78 is 1.97. The number of hydrogen-bond donors (Lipinski definition) is 2. The van der Waals surface area contributed by atoms with Gasteiger partial charge in [0.25, 0.3) is 0 Å². The number of aliphatic imine (C=N–C) groups is 1. The molecule has 3 N–H and O–H groups in total. The number of nitrogens with two attached hydrogens (primary N) is 1. The number of nitrogens with one attached hydrogen (secondary N) is 1. The third kappa shape index (κ3) is 4.13. The molecule has 0 fully saturated rings. The Morgan fingerprint density at radius 1 is 1.47 bits per heavy atom. The van der Waals surface area contributed by atoms with E-state index in [0.717, 1.165) is 18.7 Å². The highest BCUT2D eigenvalue weighted by molar-refractivity contribution is 5.92. The molecule has 2 rings (SSSR count). The average Bonchev–Trinajstić information content (AvgIpc) is 2.92. The van der Waals surface area contributed by atoms with Crippen LogP contribution in [0.4, 0.5) is 5.69 Å². The monoisotopic (exact) mass is 257 g/mol. The molecule has 0 amide bonds. The van der Waals surface area contributed by atoms with Crippen molar-refractivity contribution in [3.63, 3.8) is 0 Å². The van der Waals surface area contributed by atoms with Crippen molar-refractivity contribution in [3.05, 3.63) is 48.5 Å². The fraction of sp³-hybridized carbons (Fsp3) is 0.286. The Bertz CT molecular complexity index is 531. The van der Waals surface area contributed by atoms with E-state index in [1.165, 1.54) is 5.56 Å². The van der Waals surface area contributed by atoms with Crippen LogP contribution < -0.4 is 11.1 Å². The molecule has 0 spiro atoms. The van der Waals surface area contributed by atoms with Gasteiger partial charge in [-0.05, 0) is 24.1 Å². The molecule has 2 aromatic rings. The first-order chi connectivity index (χ1) is 9.28. The van der Waals surface area contributed by atoms with Crippen molar-refractivity contribution in [2.75, 3.05) is 11.9 Å². The van der Waals surface area contributed by atoms with E-state index in [-0.39, 0.29) is 0 Å². The zero-order chi connectivity index (χ0) is 13.5. The summed E-state index contributed by atoms with van der Waals surface area (Å²) in [7, 11) is 0. The largest absolute Gasteiger partial charge is 0.370 e. The summed E-state index contributed by atoms with van der Waals surface area (Å²) in [6.07, 6.45) is 6.43. The van der Waals surface area contributed by atoms with E-state index in [0.29, 0.717) is 12.5 Å². The first-order valence-electron chi connectivity index (χ1n) is 6.39. The van der Waals surface area contributed by atoms with Crippen LogP contribution in [0.5, 0.6) is 0 Å². The molecule has 5 heteroatoms. The van der Waals surface area contributed by atoms with E-state index < -0.39 is 0 Å².